The predicted molar refractivity (Wildman–Crippen MR) is 81.0 cm³/mol. The van der Waals surface area contributed by atoms with Crippen LogP contribution in [0.15, 0.2) is 29.2 Å². The van der Waals surface area contributed by atoms with E-state index in [9.17, 15) is 8.42 Å². The Kier molecular flexibility index (Phi) is 4.83. The molecule has 2 unspecified atom stereocenters. The first-order valence-electron chi connectivity index (χ1n) is 7.23. The Labute approximate surface area is 122 Å². The molecule has 1 heterocycles. The number of nitrogens with one attached hydrogen (secondary N) is 1. The average molecular weight is 296 g/mol. The van der Waals surface area contributed by atoms with Gasteiger partial charge >= 0.3 is 0 Å². The molecule has 0 aliphatic carbocycles. The molecule has 112 valence electrons. The van der Waals surface area contributed by atoms with E-state index in [0.717, 1.165) is 18.4 Å². The average Bonchev–Trinajstić information content (AvgIpc) is 2.42. The van der Waals surface area contributed by atoms with Gasteiger partial charge in [-0.2, -0.15) is 4.31 Å². The maximum Gasteiger partial charge on any atom is 0.243 e. The number of rotatable bonds is 4. The zero-order valence-electron chi connectivity index (χ0n) is 12.5. The van der Waals surface area contributed by atoms with Crippen LogP contribution in [0.1, 0.15) is 32.3 Å². The highest BCUT2D eigenvalue weighted by Gasteiger charge is 2.35. The van der Waals surface area contributed by atoms with E-state index in [4.69, 9.17) is 0 Å². The van der Waals surface area contributed by atoms with Crippen molar-refractivity contribution in [1.29, 1.82) is 0 Å². The number of sulfonamides is 1. The minimum atomic E-state index is -3.40. The second-order valence-electron chi connectivity index (χ2n) is 5.61. The smallest absolute Gasteiger partial charge is 0.243 e. The number of benzene rings is 1. The largest absolute Gasteiger partial charge is 0.316 e. The van der Waals surface area contributed by atoms with Crippen molar-refractivity contribution in [2.24, 2.45) is 5.92 Å². The van der Waals surface area contributed by atoms with Crippen LogP contribution in [-0.4, -0.2) is 32.4 Å². The van der Waals surface area contributed by atoms with Crippen molar-refractivity contribution in [1.82, 2.24) is 9.62 Å². The van der Waals surface area contributed by atoms with Gasteiger partial charge in [0.25, 0.3) is 0 Å². The van der Waals surface area contributed by atoms with Crippen LogP contribution in [0, 0.1) is 5.92 Å². The van der Waals surface area contributed by atoms with E-state index in [1.54, 1.807) is 16.4 Å². The summed E-state index contributed by atoms with van der Waals surface area (Å²) in [5, 5.41) is 3.04. The topological polar surface area (TPSA) is 49.4 Å². The summed E-state index contributed by atoms with van der Waals surface area (Å²) in [6.07, 6.45) is 2.05. The van der Waals surface area contributed by atoms with Gasteiger partial charge in [0.15, 0.2) is 0 Å². The van der Waals surface area contributed by atoms with Crippen LogP contribution in [0.25, 0.3) is 0 Å². The number of piperidine rings is 1. The lowest BCUT2D eigenvalue weighted by atomic mass is 9.94. The monoisotopic (exact) mass is 296 g/mol. The Morgan fingerprint density at radius 1 is 1.30 bits per heavy atom. The lowest BCUT2D eigenvalue weighted by Gasteiger charge is -2.37. The van der Waals surface area contributed by atoms with Crippen LogP contribution in [0.5, 0.6) is 0 Å². The first-order chi connectivity index (χ1) is 9.48. The lowest BCUT2D eigenvalue weighted by molar-refractivity contribution is 0.202. The molecular formula is C15H24N2O2S. The van der Waals surface area contributed by atoms with Crippen LogP contribution >= 0.6 is 0 Å². The van der Waals surface area contributed by atoms with Gasteiger partial charge in [-0.1, -0.05) is 25.1 Å². The van der Waals surface area contributed by atoms with Gasteiger partial charge < -0.3 is 5.32 Å². The van der Waals surface area contributed by atoms with E-state index < -0.39 is 10.0 Å². The fourth-order valence-electron chi connectivity index (χ4n) is 2.86. The van der Waals surface area contributed by atoms with Crippen LogP contribution in [-0.2, 0) is 16.6 Å². The first kappa shape index (κ1) is 15.5. The van der Waals surface area contributed by atoms with Crippen LogP contribution in [0.4, 0.5) is 0 Å². The maximum atomic E-state index is 12.9. The van der Waals surface area contributed by atoms with Crippen molar-refractivity contribution in [3.05, 3.63) is 29.8 Å². The zero-order valence-corrected chi connectivity index (χ0v) is 13.3. The van der Waals surface area contributed by atoms with E-state index in [-0.39, 0.29) is 6.04 Å². The fraction of sp³-hybridized carbons (Fsp3) is 0.600. The number of hydrogen-bond acceptors (Lipinski definition) is 3. The first-order valence-corrected chi connectivity index (χ1v) is 8.67. The molecule has 1 aromatic rings. The van der Waals surface area contributed by atoms with Gasteiger partial charge in [0.05, 0.1) is 4.90 Å². The van der Waals surface area contributed by atoms with Crippen molar-refractivity contribution < 1.29 is 8.42 Å². The summed E-state index contributed by atoms with van der Waals surface area (Å²) in [5.41, 5.74) is 0.834. The van der Waals surface area contributed by atoms with Crippen molar-refractivity contribution in [3.8, 4) is 0 Å². The Balaban J connectivity index is 2.39. The molecule has 0 amide bonds. The highest BCUT2D eigenvalue weighted by molar-refractivity contribution is 7.89. The molecule has 0 bridgehead atoms. The quantitative estimate of drug-likeness (QED) is 0.927. The molecule has 0 saturated carbocycles. The van der Waals surface area contributed by atoms with Gasteiger partial charge in [0.2, 0.25) is 10.0 Å². The zero-order chi connectivity index (χ0) is 14.8. The molecule has 0 aromatic heterocycles. The van der Waals surface area contributed by atoms with Crippen LogP contribution < -0.4 is 5.32 Å². The van der Waals surface area contributed by atoms with Crippen molar-refractivity contribution in [2.75, 3.05) is 13.6 Å². The summed E-state index contributed by atoms with van der Waals surface area (Å²) in [6.45, 7) is 5.34. The van der Waals surface area contributed by atoms with Gasteiger partial charge in [0, 0.05) is 19.1 Å². The molecule has 1 aliphatic heterocycles. The third-order valence-corrected chi connectivity index (χ3v) is 6.33. The molecular weight excluding hydrogens is 272 g/mol. The number of nitrogens with zero attached hydrogens (tertiary/aromatic N) is 1. The molecule has 20 heavy (non-hydrogen) atoms. The standard InChI is InChI=1S/C15H24N2O2S/c1-12-7-6-10-17(13(12)2)20(18,19)15-9-5-4-8-14(15)11-16-3/h4-5,8-9,12-13,16H,6-7,10-11H2,1-3H3. The minimum absolute atomic E-state index is 0.0661. The van der Waals surface area contributed by atoms with Crippen LogP contribution in [0.2, 0.25) is 0 Å². The summed E-state index contributed by atoms with van der Waals surface area (Å²) in [7, 11) is -1.58. The Bertz CT molecular complexity index is 557. The third-order valence-electron chi connectivity index (χ3n) is 4.24. The van der Waals surface area contributed by atoms with E-state index in [2.05, 4.69) is 12.2 Å². The fourth-order valence-corrected chi connectivity index (χ4v) is 4.84. The van der Waals surface area contributed by atoms with Gasteiger partial charge in [0.1, 0.15) is 0 Å². The molecule has 0 spiro atoms. The summed E-state index contributed by atoms with van der Waals surface area (Å²) in [4.78, 5) is 0.440. The molecule has 2 atom stereocenters. The van der Waals surface area contributed by atoms with Gasteiger partial charge in [-0.15, -0.1) is 0 Å². The predicted octanol–water partition coefficient (Wildman–Crippen LogP) is 2.22. The van der Waals surface area contributed by atoms with E-state index in [0.29, 0.717) is 23.9 Å². The Morgan fingerprint density at radius 3 is 2.70 bits per heavy atom. The summed E-state index contributed by atoms with van der Waals surface area (Å²) < 4.78 is 27.6. The molecule has 4 nitrogen and oxygen atoms in total. The molecule has 0 radical (unpaired) electrons. The van der Waals surface area contributed by atoms with Crippen molar-refractivity contribution in [3.63, 3.8) is 0 Å². The van der Waals surface area contributed by atoms with Gasteiger partial charge in [-0.05, 0) is 44.4 Å². The highest BCUT2D eigenvalue weighted by atomic mass is 32.2. The molecule has 1 N–H and O–H groups in total. The summed E-state index contributed by atoms with van der Waals surface area (Å²) in [6, 6.07) is 7.34. The van der Waals surface area contributed by atoms with E-state index in [1.165, 1.54) is 0 Å². The third kappa shape index (κ3) is 2.90. The molecule has 2 rings (SSSR count). The van der Waals surface area contributed by atoms with Gasteiger partial charge in [-0.25, -0.2) is 8.42 Å². The minimum Gasteiger partial charge on any atom is -0.316 e. The van der Waals surface area contributed by atoms with E-state index >= 15 is 0 Å². The highest BCUT2D eigenvalue weighted by Crippen LogP contribution is 2.30. The van der Waals surface area contributed by atoms with Crippen LogP contribution in [0.3, 0.4) is 0 Å². The molecule has 5 heteroatoms. The maximum absolute atomic E-state index is 12.9. The lowest BCUT2D eigenvalue weighted by Crippen LogP contribution is -2.46. The molecule has 1 fully saturated rings. The van der Waals surface area contributed by atoms with E-state index in [1.807, 2.05) is 26.1 Å². The second kappa shape index (κ2) is 6.24. The van der Waals surface area contributed by atoms with Crippen molar-refractivity contribution >= 4 is 10.0 Å². The normalized spacial score (nSPS) is 24.8. The molecule has 1 aliphatic rings. The second-order valence-corrected chi connectivity index (χ2v) is 7.47. The molecule has 1 aromatic carbocycles. The SMILES string of the molecule is CNCc1ccccc1S(=O)(=O)N1CCCC(C)C1C. The Morgan fingerprint density at radius 2 is 2.00 bits per heavy atom. The number of hydrogen-bond donors (Lipinski definition) is 1. The molecule has 1 saturated heterocycles. The van der Waals surface area contributed by atoms with Crippen molar-refractivity contribution in [2.45, 2.75) is 44.2 Å². The van der Waals surface area contributed by atoms with Gasteiger partial charge in [-0.3, -0.25) is 0 Å². The summed E-state index contributed by atoms with van der Waals surface area (Å²) in [5.74, 6) is 0.412. The Hall–Kier alpha value is -0.910. The summed E-state index contributed by atoms with van der Waals surface area (Å²) >= 11 is 0.